The van der Waals surface area contributed by atoms with Crippen molar-refractivity contribution in [2.45, 2.75) is 64.7 Å². The number of imide groups is 1. The van der Waals surface area contributed by atoms with E-state index in [1.165, 1.54) is 4.90 Å². The molecule has 0 spiro atoms. The highest BCUT2D eigenvalue weighted by molar-refractivity contribution is 6.05. The van der Waals surface area contributed by atoms with Crippen LogP contribution in [-0.4, -0.2) is 59.4 Å². The largest absolute Gasteiger partial charge is 0.373 e. The van der Waals surface area contributed by atoms with Crippen LogP contribution < -0.4 is 5.32 Å². The van der Waals surface area contributed by atoms with Gasteiger partial charge in [-0.05, 0) is 38.3 Å². The summed E-state index contributed by atoms with van der Waals surface area (Å²) in [4.78, 5) is 41.5. The minimum Gasteiger partial charge on any atom is -0.373 e. The first-order chi connectivity index (χ1) is 14.9. The number of carbonyl (C=O) groups excluding carboxylic acids is 3. The zero-order valence-electron chi connectivity index (χ0n) is 18.5. The molecule has 2 saturated heterocycles. The fourth-order valence-corrected chi connectivity index (χ4v) is 5.31. The molecule has 1 aromatic carbocycles. The van der Waals surface area contributed by atoms with Crippen molar-refractivity contribution in [2.24, 2.45) is 11.8 Å². The highest BCUT2D eigenvalue weighted by atomic mass is 16.5. The molecule has 31 heavy (non-hydrogen) atoms. The molecular weight excluding hydrogens is 394 g/mol. The zero-order valence-corrected chi connectivity index (χ0v) is 18.5. The molecule has 3 aliphatic rings. The van der Waals surface area contributed by atoms with E-state index in [4.69, 9.17) is 4.74 Å². The van der Waals surface area contributed by atoms with Crippen LogP contribution in [0.1, 0.15) is 51.5 Å². The van der Waals surface area contributed by atoms with Crippen molar-refractivity contribution in [1.82, 2.24) is 9.80 Å². The molecule has 0 aromatic heterocycles. The lowest BCUT2D eigenvalue weighted by molar-refractivity contribution is -0.140. The van der Waals surface area contributed by atoms with Gasteiger partial charge < -0.3 is 10.1 Å². The number of para-hydroxylation sites is 1. The van der Waals surface area contributed by atoms with Crippen LogP contribution in [0.4, 0.5) is 5.69 Å². The van der Waals surface area contributed by atoms with E-state index in [-0.39, 0.29) is 54.7 Å². The lowest BCUT2D eigenvalue weighted by Gasteiger charge is -2.35. The van der Waals surface area contributed by atoms with Gasteiger partial charge in [-0.25, -0.2) is 0 Å². The lowest BCUT2D eigenvalue weighted by atomic mass is 9.81. The fourth-order valence-electron chi connectivity index (χ4n) is 5.31. The Morgan fingerprint density at radius 2 is 1.65 bits per heavy atom. The van der Waals surface area contributed by atoms with Crippen molar-refractivity contribution in [3.8, 4) is 0 Å². The van der Waals surface area contributed by atoms with E-state index >= 15 is 0 Å². The summed E-state index contributed by atoms with van der Waals surface area (Å²) >= 11 is 0. The third kappa shape index (κ3) is 4.99. The van der Waals surface area contributed by atoms with Gasteiger partial charge in [-0.3, -0.25) is 24.2 Å². The van der Waals surface area contributed by atoms with E-state index in [1.807, 2.05) is 24.3 Å². The van der Waals surface area contributed by atoms with Crippen LogP contribution >= 0.6 is 0 Å². The van der Waals surface area contributed by atoms with Gasteiger partial charge in [0.15, 0.2) is 0 Å². The first kappa shape index (κ1) is 22.0. The SMILES string of the molecule is CC1CN(Cc2ccccc2NC(=O)CCN2C(=O)C3CCCCC3C2=O)CC(C)O1. The van der Waals surface area contributed by atoms with E-state index in [0.29, 0.717) is 0 Å². The van der Waals surface area contributed by atoms with Gasteiger partial charge in [-0.15, -0.1) is 0 Å². The van der Waals surface area contributed by atoms with Gasteiger partial charge in [0.2, 0.25) is 17.7 Å². The molecule has 7 heteroatoms. The van der Waals surface area contributed by atoms with Crippen LogP contribution in [0.2, 0.25) is 0 Å². The van der Waals surface area contributed by atoms with E-state index in [9.17, 15) is 14.4 Å². The van der Waals surface area contributed by atoms with Gasteiger partial charge in [0, 0.05) is 38.3 Å². The molecule has 168 valence electrons. The normalized spacial score (nSPS) is 29.2. The molecule has 3 amide bonds. The van der Waals surface area contributed by atoms with E-state index < -0.39 is 0 Å². The molecule has 4 atom stereocenters. The number of rotatable bonds is 6. The van der Waals surface area contributed by atoms with Crippen LogP contribution in [0.25, 0.3) is 0 Å². The van der Waals surface area contributed by atoms with Crippen molar-refractivity contribution in [2.75, 3.05) is 25.0 Å². The smallest absolute Gasteiger partial charge is 0.233 e. The molecule has 4 rings (SSSR count). The Morgan fingerprint density at radius 3 is 2.29 bits per heavy atom. The highest BCUT2D eigenvalue weighted by Crippen LogP contribution is 2.38. The second kappa shape index (κ2) is 9.49. The molecule has 1 N–H and O–H groups in total. The number of fused-ring (bicyclic) bond motifs is 1. The van der Waals surface area contributed by atoms with Crippen LogP contribution in [0, 0.1) is 11.8 Å². The number of likely N-dealkylation sites (tertiary alicyclic amines) is 1. The minimum atomic E-state index is -0.174. The summed E-state index contributed by atoms with van der Waals surface area (Å²) in [6.07, 6.45) is 4.10. The van der Waals surface area contributed by atoms with Gasteiger partial charge in [0.25, 0.3) is 0 Å². The summed E-state index contributed by atoms with van der Waals surface area (Å²) < 4.78 is 5.81. The minimum absolute atomic E-state index is 0.0848. The molecule has 4 unspecified atom stereocenters. The van der Waals surface area contributed by atoms with Crippen LogP contribution in [0.15, 0.2) is 24.3 Å². The summed E-state index contributed by atoms with van der Waals surface area (Å²) in [5.74, 6) is -0.671. The van der Waals surface area contributed by atoms with Crippen molar-refractivity contribution < 1.29 is 19.1 Å². The van der Waals surface area contributed by atoms with Gasteiger partial charge >= 0.3 is 0 Å². The fraction of sp³-hybridized carbons (Fsp3) is 0.625. The number of hydrogen-bond donors (Lipinski definition) is 1. The number of anilines is 1. The molecule has 1 saturated carbocycles. The Morgan fingerprint density at radius 1 is 1.03 bits per heavy atom. The van der Waals surface area contributed by atoms with Gasteiger partial charge in [0.05, 0.1) is 24.0 Å². The summed E-state index contributed by atoms with van der Waals surface area (Å²) in [7, 11) is 0. The average molecular weight is 428 g/mol. The van der Waals surface area contributed by atoms with Crippen molar-refractivity contribution >= 4 is 23.4 Å². The first-order valence-corrected chi connectivity index (χ1v) is 11.5. The predicted octanol–water partition coefficient (Wildman–Crippen LogP) is 2.80. The van der Waals surface area contributed by atoms with Crippen molar-refractivity contribution in [3.63, 3.8) is 0 Å². The Balaban J connectivity index is 1.34. The van der Waals surface area contributed by atoms with Crippen LogP contribution in [-0.2, 0) is 25.7 Å². The number of carbonyl (C=O) groups is 3. The molecular formula is C24H33N3O4. The Hall–Kier alpha value is -2.25. The van der Waals surface area contributed by atoms with Gasteiger partial charge in [-0.1, -0.05) is 31.0 Å². The van der Waals surface area contributed by atoms with E-state index in [2.05, 4.69) is 24.1 Å². The summed E-state index contributed by atoms with van der Waals surface area (Å²) in [5.41, 5.74) is 1.84. The average Bonchev–Trinajstić information content (AvgIpc) is 2.97. The number of amides is 3. The number of morpholine rings is 1. The number of nitrogens with zero attached hydrogens (tertiary/aromatic N) is 2. The monoisotopic (exact) mass is 427 g/mol. The molecule has 3 fully saturated rings. The maximum atomic E-state index is 12.7. The van der Waals surface area contributed by atoms with Crippen molar-refractivity contribution in [1.29, 1.82) is 0 Å². The molecule has 1 aliphatic carbocycles. The van der Waals surface area contributed by atoms with Crippen LogP contribution in [0.3, 0.4) is 0 Å². The molecule has 1 aromatic rings. The number of benzene rings is 1. The number of hydrogen-bond acceptors (Lipinski definition) is 5. The number of nitrogens with one attached hydrogen (secondary N) is 1. The molecule has 0 radical (unpaired) electrons. The Bertz CT molecular complexity index is 808. The molecule has 2 aliphatic heterocycles. The standard InChI is InChI=1S/C24H33N3O4/c1-16-13-26(14-17(2)31-16)15-18-7-3-6-10-21(18)25-22(28)11-12-27-23(29)19-8-4-5-9-20(19)24(27)30/h3,6-7,10,16-17,19-20H,4-5,8-9,11-15H2,1-2H3,(H,25,28). The summed E-state index contributed by atoms with van der Waals surface area (Å²) in [5, 5.41) is 2.99. The quantitative estimate of drug-likeness (QED) is 0.707. The second-order valence-corrected chi connectivity index (χ2v) is 9.23. The Kier molecular flexibility index (Phi) is 6.72. The predicted molar refractivity (Wildman–Crippen MR) is 117 cm³/mol. The zero-order chi connectivity index (χ0) is 22.0. The molecule has 0 bridgehead atoms. The highest BCUT2D eigenvalue weighted by Gasteiger charge is 2.47. The third-order valence-electron chi connectivity index (χ3n) is 6.68. The van der Waals surface area contributed by atoms with E-state index in [1.54, 1.807) is 0 Å². The molecule has 2 heterocycles. The Labute approximate surface area is 184 Å². The summed E-state index contributed by atoms with van der Waals surface area (Å²) in [6.45, 7) is 6.77. The summed E-state index contributed by atoms with van der Waals surface area (Å²) in [6, 6.07) is 7.81. The maximum Gasteiger partial charge on any atom is 0.233 e. The topological polar surface area (TPSA) is 79.0 Å². The second-order valence-electron chi connectivity index (χ2n) is 9.23. The maximum absolute atomic E-state index is 12.7. The molecule has 7 nitrogen and oxygen atoms in total. The number of ether oxygens (including phenoxy) is 1. The van der Waals surface area contributed by atoms with Crippen LogP contribution in [0.5, 0.6) is 0 Å². The van der Waals surface area contributed by atoms with Gasteiger partial charge in [0.1, 0.15) is 0 Å². The van der Waals surface area contributed by atoms with Crippen molar-refractivity contribution in [3.05, 3.63) is 29.8 Å². The first-order valence-electron chi connectivity index (χ1n) is 11.5. The van der Waals surface area contributed by atoms with E-state index in [0.717, 1.165) is 56.6 Å². The lowest BCUT2D eigenvalue weighted by Crippen LogP contribution is -2.44. The van der Waals surface area contributed by atoms with Gasteiger partial charge in [-0.2, -0.15) is 0 Å². The third-order valence-corrected chi connectivity index (χ3v) is 6.68.